The molecule has 0 saturated carbocycles. The van der Waals surface area contributed by atoms with Crippen LogP contribution >= 0.6 is 11.6 Å². The van der Waals surface area contributed by atoms with E-state index in [1.165, 1.54) is 28.6 Å². The van der Waals surface area contributed by atoms with E-state index in [-0.39, 0.29) is 23.3 Å². The Kier molecular flexibility index (Phi) is 10.3. The van der Waals surface area contributed by atoms with Gasteiger partial charge in [-0.05, 0) is 67.6 Å². The molecule has 36 heavy (non-hydrogen) atoms. The molecule has 0 aromatic heterocycles. The van der Waals surface area contributed by atoms with Crippen LogP contribution in [0.4, 0.5) is 0 Å². The van der Waals surface area contributed by atoms with Crippen molar-refractivity contribution in [3.8, 4) is 0 Å². The molecule has 0 radical (unpaired) electrons. The predicted octanol–water partition coefficient (Wildman–Crippen LogP) is 3.70. The van der Waals surface area contributed by atoms with Crippen LogP contribution in [0.2, 0.25) is 5.02 Å². The molecule has 0 spiro atoms. The van der Waals surface area contributed by atoms with Crippen molar-refractivity contribution in [2.45, 2.75) is 50.1 Å². The molecule has 1 atom stereocenters. The molecule has 2 aromatic carbocycles. The molecule has 196 valence electrons. The smallest absolute Gasteiger partial charge is 0.253 e. The van der Waals surface area contributed by atoms with Crippen LogP contribution in [0.3, 0.4) is 0 Å². The minimum Gasteiger partial charge on any atom is -0.383 e. The van der Waals surface area contributed by atoms with Crippen molar-refractivity contribution in [1.82, 2.24) is 14.5 Å². The fraction of sp³-hybridized carbons (Fsp3) is 0.462. The standard InChI is InChI=1S/C26H34ClN3O5S/c1-3-16-29(17-18-35-2)26(32)21-9-7-20(8-10-21)19-30(24-6-4-5-15-28-25(24)31)36(33,34)23-13-11-22(27)12-14-23/h7-14,24H,3-6,15-19H2,1-2H3,(H,28,31)/t24-/m1/s1. The van der Waals surface area contributed by atoms with Gasteiger partial charge in [0.15, 0.2) is 0 Å². The molecule has 0 aliphatic carbocycles. The van der Waals surface area contributed by atoms with Crippen LogP contribution in [-0.4, -0.2) is 68.8 Å². The Morgan fingerprint density at radius 1 is 1.08 bits per heavy atom. The SMILES string of the molecule is CCCN(CCOC)C(=O)c1ccc(CN([C@@H]2CCCCNC2=O)S(=O)(=O)c2ccc(Cl)cc2)cc1. The summed E-state index contributed by atoms with van der Waals surface area (Å²) in [6.07, 6.45) is 2.79. The first kappa shape index (κ1) is 28.1. The first-order valence-electron chi connectivity index (χ1n) is 12.2. The van der Waals surface area contributed by atoms with Gasteiger partial charge in [-0.15, -0.1) is 0 Å². The normalized spacial score (nSPS) is 16.4. The molecular weight excluding hydrogens is 502 g/mol. The van der Waals surface area contributed by atoms with E-state index in [0.29, 0.717) is 48.8 Å². The Hall–Kier alpha value is -2.46. The highest BCUT2D eigenvalue weighted by Gasteiger charge is 2.36. The van der Waals surface area contributed by atoms with Crippen molar-refractivity contribution < 1.29 is 22.7 Å². The van der Waals surface area contributed by atoms with Gasteiger partial charge in [0.05, 0.1) is 11.5 Å². The van der Waals surface area contributed by atoms with Crippen LogP contribution in [0.5, 0.6) is 0 Å². The maximum absolute atomic E-state index is 13.7. The lowest BCUT2D eigenvalue weighted by Gasteiger charge is -2.29. The Labute approximate surface area is 218 Å². The lowest BCUT2D eigenvalue weighted by atomic mass is 10.1. The lowest BCUT2D eigenvalue weighted by Crippen LogP contribution is -2.48. The molecule has 1 aliphatic heterocycles. The van der Waals surface area contributed by atoms with E-state index >= 15 is 0 Å². The van der Waals surface area contributed by atoms with Gasteiger partial charge in [-0.25, -0.2) is 8.42 Å². The predicted molar refractivity (Wildman–Crippen MR) is 139 cm³/mol. The maximum atomic E-state index is 13.7. The van der Waals surface area contributed by atoms with E-state index in [2.05, 4.69) is 5.32 Å². The van der Waals surface area contributed by atoms with Crippen LogP contribution in [-0.2, 0) is 26.1 Å². The second-order valence-electron chi connectivity index (χ2n) is 8.79. The highest BCUT2D eigenvalue weighted by Crippen LogP contribution is 2.26. The minimum atomic E-state index is -4.00. The monoisotopic (exact) mass is 535 g/mol. The molecule has 2 amide bonds. The summed E-state index contributed by atoms with van der Waals surface area (Å²) in [7, 11) is -2.40. The van der Waals surface area contributed by atoms with Crippen LogP contribution in [0, 0.1) is 0 Å². The van der Waals surface area contributed by atoms with Crippen molar-refractivity contribution in [3.05, 3.63) is 64.7 Å². The van der Waals surface area contributed by atoms with Gasteiger partial charge in [0.2, 0.25) is 15.9 Å². The highest BCUT2D eigenvalue weighted by atomic mass is 35.5. The average molecular weight is 536 g/mol. The molecule has 1 saturated heterocycles. The summed E-state index contributed by atoms with van der Waals surface area (Å²) in [4.78, 5) is 27.6. The molecule has 2 aromatic rings. The van der Waals surface area contributed by atoms with Gasteiger partial charge in [-0.2, -0.15) is 4.31 Å². The summed E-state index contributed by atoms with van der Waals surface area (Å²) in [5.41, 5.74) is 1.20. The number of nitrogens with one attached hydrogen (secondary N) is 1. The van der Waals surface area contributed by atoms with E-state index in [9.17, 15) is 18.0 Å². The summed E-state index contributed by atoms with van der Waals surface area (Å²) < 4.78 is 33.7. The van der Waals surface area contributed by atoms with Crippen molar-refractivity contribution in [2.75, 3.05) is 33.4 Å². The number of nitrogens with zero attached hydrogens (tertiary/aromatic N) is 2. The third-order valence-corrected chi connectivity index (χ3v) is 8.28. The third-order valence-electron chi connectivity index (χ3n) is 6.16. The maximum Gasteiger partial charge on any atom is 0.253 e. The Balaban J connectivity index is 1.89. The zero-order valence-corrected chi connectivity index (χ0v) is 22.4. The fourth-order valence-corrected chi connectivity index (χ4v) is 5.94. The molecule has 1 aliphatic rings. The molecule has 1 heterocycles. The molecule has 1 fully saturated rings. The number of amides is 2. The number of rotatable bonds is 11. The van der Waals surface area contributed by atoms with Crippen molar-refractivity contribution in [1.29, 1.82) is 0 Å². The number of benzene rings is 2. The van der Waals surface area contributed by atoms with Crippen LogP contribution in [0.1, 0.15) is 48.5 Å². The number of carbonyl (C=O) groups excluding carboxylic acids is 2. The quantitative estimate of drug-likeness (QED) is 0.473. The number of carbonyl (C=O) groups is 2. The first-order chi connectivity index (χ1) is 17.3. The average Bonchev–Trinajstić information content (AvgIpc) is 3.09. The van der Waals surface area contributed by atoms with Crippen LogP contribution in [0.25, 0.3) is 0 Å². The fourth-order valence-electron chi connectivity index (χ4n) is 4.20. The van der Waals surface area contributed by atoms with Gasteiger partial charge in [0.1, 0.15) is 6.04 Å². The molecule has 10 heteroatoms. The summed E-state index contributed by atoms with van der Waals surface area (Å²) in [5, 5.41) is 3.26. The zero-order valence-electron chi connectivity index (χ0n) is 20.8. The molecule has 8 nitrogen and oxygen atoms in total. The summed E-state index contributed by atoms with van der Waals surface area (Å²) in [6, 6.07) is 12.0. The molecule has 3 rings (SSSR count). The van der Waals surface area contributed by atoms with E-state index in [0.717, 1.165) is 19.3 Å². The van der Waals surface area contributed by atoms with Crippen molar-refractivity contribution in [2.24, 2.45) is 0 Å². The van der Waals surface area contributed by atoms with E-state index < -0.39 is 16.1 Å². The number of sulfonamides is 1. The zero-order chi connectivity index (χ0) is 26.1. The van der Waals surface area contributed by atoms with Gasteiger partial charge in [0, 0.05) is 43.9 Å². The van der Waals surface area contributed by atoms with Crippen molar-refractivity contribution >= 4 is 33.4 Å². The lowest BCUT2D eigenvalue weighted by molar-refractivity contribution is -0.124. The highest BCUT2D eigenvalue weighted by molar-refractivity contribution is 7.89. The summed E-state index contributed by atoms with van der Waals surface area (Å²) in [5.74, 6) is -0.403. The van der Waals surface area contributed by atoms with Crippen LogP contribution in [0.15, 0.2) is 53.4 Å². The van der Waals surface area contributed by atoms with Crippen molar-refractivity contribution in [3.63, 3.8) is 0 Å². The number of halogens is 1. The molecule has 0 bridgehead atoms. The number of methoxy groups -OCH3 is 1. The minimum absolute atomic E-state index is 0.000133. The topological polar surface area (TPSA) is 96.0 Å². The molecule has 0 unspecified atom stereocenters. The largest absolute Gasteiger partial charge is 0.383 e. The summed E-state index contributed by atoms with van der Waals surface area (Å²) >= 11 is 5.96. The van der Waals surface area contributed by atoms with Gasteiger partial charge in [-0.3, -0.25) is 9.59 Å². The number of hydrogen-bond donors (Lipinski definition) is 1. The Morgan fingerprint density at radius 3 is 2.42 bits per heavy atom. The second-order valence-corrected chi connectivity index (χ2v) is 11.1. The Bertz CT molecular complexity index is 1120. The van der Waals surface area contributed by atoms with Gasteiger partial charge >= 0.3 is 0 Å². The van der Waals surface area contributed by atoms with E-state index in [1.54, 1.807) is 36.3 Å². The van der Waals surface area contributed by atoms with E-state index in [4.69, 9.17) is 16.3 Å². The number of hydrogen-bond acceptors (Lipinski definition) is 5. The molecule has 1 N–H and O–H groups in total. The summed E-state index contributed by atoms with van der Waals surface area (Å²) in [6.45, 7) is 4.10. The van der Waals surface area contributed by atoms with Gasteiger partial charge < -0.3 is 15.0 Å². The van der Waals surface area contributed by atoms with Gasteiger partial charge in [-0.1, -0.05) is 30.7 Å². The Morgan fingerprint density at radius 2 is 1.78 bits per heavy atom. The number of ether oxygens (including phenoxy) is 1. The van der Waals surface area contributed by atoms with E-state index in [1.807, 2.05) is 6.92 Å². The third kappa shape index (κ3) is 7.06. The van der Waals surface area contributed by atoms with Gasteiger partial charge in [0.25, 0.3) is 5.91 Å². The molecular formula is C26H34ClN3O5S. The first-order valence-corrected chi connectivity index (χ1v) is 14.0. The van der Waals surface area contributed by atoms with Crippen LogP contribution < -0.4 is 5.32 Å². The second kappa shape index (κ2) is 13.2.